The van der Waals surface area contributed by atoms with Crippen molar-refractivity contribution in [2.24, 2.45) is 0 Å². The molecule has 0 aliphatic carbocycles. The number of pyridine rings is 4. The highest BCUT2D eigenvalue weighted by Crippen LogP contribution is 2.33. The number of benzene rings is 3. The van der Waals surface area contributed by atoms with Gasteiger partial charge in [0.2, 0.25) is 0 Å². The van der Waals surface area contributed by atoms with Gasteiger partial charge in [0, 0.05) is 33.9 Å². The van der Waals surface area contributed by atoms with E-state index in [1.807, 2.05) is 13.8 Å². The molecule has 420 valence electrons. The third-order valence-corrected chi connectivity index (χ3v) is 10.4. The number of alkyl halides is 9. The lowest BCUT2D eigenvalue weighted by molar-refractivity contribution is -0.138. The topological polar surface area (TPSA) is 219 Å². The molecule has 7 rings (SSSR count). The van der Waals surface area contributed by atoms with Crippen molar-refractivity contribution in [2.45, 2.75) is 60.1 Å². The number of methoxy groups -OCH3 is 2. The molecule has 7 aromatic rings. The molecule has 4 aromatic heterocycles. The van der Waals surface area contributed by atoms with E-state index in [0.29, 0.717) is 39.5 Å². The van der Waals surface area contributed by atoms with Crippen molar-refractivity contribution in [1.82, 2.24) is 19.9 Å². The zero-order valence-corrected chi connectivity index (χ0v) is 44.3. The lowest BCUT2D eigenvalue weighted by Gasteiger charge is -2.10. The lowest BCUT2D eigenvalue weighted by atomic mass is 9.80. The third-order valence-electron chi connectivity index (χ3n) is 9.82. The predicted octanol–water partition coefficient (Wildman–Crippen LogP) is 12.6. The predicted molar refractivity (Wildman–Crippen MR) is 276 cm³/mol. The summed E-state index contributed by atoms with van der Waals surface area (Å²) in [6, 6.07) is 24.8. The molecule has 0 spiro atoms. The van der Waals surface area contributed by atoms with E-state index in [1.54, 1.807) is 58.0 Å². The number of nitrogens with zero attached hydrogens (tertiary/aromatic N) is 4. The summed E-state index contributed by atoms with van der Waals surface area (Å²) >= 11 is 11.2. The van der Waals surface area contributed by atoms with Gasteiger partial charge in [0.25, 0.3) is 0 Å². The van der Waals surface area contributed by atoms with Gasteiger partial charge < -0.3 is 29.7 Å². The number of aromatic nitrogens is 4. The Hall–Kier alpha value is -7.93. The average Bonchev–Trinajstić information content (AvgIpc) is 3.38. The first-order valence-electron chi connectivity index (χ1n) is 22.5. The van der Waals surface area contributed by atoms with E-state index in [1.165, 1.54) is 56.7 Å². The molecule has 0 saturated heterocycles. The Kier molecular flexibility index (Phi) is 25.8. The third kappa shape index (κ3) is 21.1. The molecular weight excluding hydrogens is 1110 g/mol. The van der Waals surface area contributed by atoms with Crippen molar-refractivity contribution in [1.29, 1.82) is 0 Å². The number of carbonyl (C=O) groups excluding carboxylic acids is 2. The van der Waals surface area contributed by atoms with E-state index in [4.69, 9.17) is 43.5 Å². The smallest absolute Gasteiger partial charge is 0.478 e. The molecule has 3 aromatic carbocycles. The normalized spacial score (nSPS) is 10.6. The molecule has 0 unspecified atom stereocenters. The van der Waals surface area contributed by atoms with Crippen molar-refractivity contribution in [3.8, 4) is 22.5 Å². The fourth-order valence-corrected chi connectivity index (χ4v) is 6.50. The number of esters is 2. The summed E-state index contributed by atoms with van der Waals surface area (Å²) in [6.07, 6.45) is -13.2. The zero-order valence-electron chi connectivity index (χ0n) is 42.8. The van der Waals surface area contributed by atoms with Gasteiger partial charge >= 0.3 is 49.5 Å². The van der Waals surface area contributed by atoms with E-state index in [9.17, 15) is 58.7 Å². The second kappa shape index (κ2) is 30.3. The first-order valence-corrected chi connectivity index (χ1v) is 23.3. The SMILES string of the molecule is CC.COC(=O)c1ccc(C)nc1-c1ccc(C(F)(F)F)cc1.COC(=O)c1ccc(C)nc1Cl.Cc1ccc(C(=O)O)c(-c2ccc(C(F)(F)F)cc2)n1.Cc1ccc(C(=O)O)c(Cl)n1.OB(O)c1ccc(C(F)(F)F)cc1. The van der Waals surface area contributed by atoms with Gasteiger partial charge in [-0.15, -0.1) is 0 Å². The average molecular weight is 1150 g/mol. The van der Waals surface area contributed by atoms with Crippen LogP contribution in [-0.4, -0.2) is 85.4 Å². The summed E-state index contributed by atoms with van der Waals surface area (Å²) in [5.74, 6) is -3.28. The van der Waals surface area contributed by atoms with Gasteiger partial charge in [-0.1, -0.05) is 85.6 Å². The number of halogens is 11. The highest BCUT2D eigenvalue weighted by atomic mass is 35.5. The molecule has 4 heterocycles. The van der Waals surface area contributed by atoms with Crippen LogP contribution in [0.25, 0.3) is 22.5 Å². The summed E-state index contributed by atoms with van der Waals surface area (Å²) in [6.45, 7) is 11.0. The zero-order chi connectivity index (χ0) is 60.2. The van der Waals surface area contributed by atoms with Gasteiger partial charge in [0.1, 0.15) is 10.3 Å². The fraction of sp³-hybridized carbons (Fsp3) is 0.208. The van der Waals surface area contributed by atoms with Gasteiger partial charge in [-0.2, -0.15) is 39.5 Å². The molecule has 4 N–H and O–H groups in total. The molecule has 0 radical (unpaired) electrons. The molecule has 14 nitrogen and oxygen atoms in total. The van der Waals surface area contributed by atoms with Gasteiger partial charge in [0.05, 0.1) is 64.6 Å². The minimum Gasteiger partial charge on any atom is -0.478 e. The van der Waals surface area contributed by atoms with Crippen LogP contribution in [0, 0.1) is 27.7 Å². The maximum absolute atomic E-state index is 12.6. The van der Waals surface area contributed by atoms with Crippen LogP contribution in [0.3, 0.4) is 0 Å². The maximum atomic E-state index is 12.6. The van der Waals surface area contributed by atoms with Crippen LogP contribution in [-0.2, 0) is 28.0 Å². The van der Waals surface area contributed by atoms with Crippen molar-refractivity contribution in [3.05, 3.63) is 193 Å². The number of rotatable bonds is 7. The van der Waals surface area contributed by atoms with Gasteiger partial charge in [-0.25, -0.2) is 29.1 Å². The summed E-state index contributed by atoms with van der Waals surface area (Å²) in [4.78, 5) is 60.2. The Labute approximate surface area is 456 Å². The van der Waals surface area contributed by atoms with Crippen LogP contribution < -0.4 is 5.46 Å². The first-order chi connectivity index (χ1) is 36.8. The van der Waals surface area contributed by atoms with E-state index >= 15 is 0 Å². The van der Waals surface area contributed by atoms with Crippen LogP contribution in [0.15, 0.2) is 121 Å². The van der Waals surface area contributed by atoms with Crippen molar-refractivity contribution < 1.29 is 88.4 Å². The van der Waals surface area contributed by atoms with E-state index in [0.717, 1.165) is 54.2 Å². The Morgan fingerprint density at radius 3 is 1.01 bits per heavy atom. The summed E-state index contributed by atoms with van der Waals surface area (Å²) in [5.41, 5.74) is 2.12. The van der Waals surface area contributed by atoms with Gasteiger partial charge in [-0.3, -0.25) is 9.97 Å². The van der Waals surface area contributed by atoms with E-state index in [2.05, 4.69) is 29.4 Å². The molecular formula is C53H48BCl2F9N4O10. The Morgan fingerprint density at radius 1 is 0.430 bits per heavy atom. The Morgan fingerprint density at radius 2 is 0.709 bits per heavy atom. The monoisotopic (exact) mass is 1150 g/mol. The van der Waals surface area contributed by atoms with Crippen molar-refractivity contribution in [2.75, 3.05) is 14.2 Å². The quantitative estimate of drug-likeness (QED) is 0.0505. The highest BCUT2D eigenvalue weighted by Gasteiger charge is 2.32. The number of ether oxygens (including phenoxy) is 2. The van der Waals surface area contributed by atoms with Crippen LogP contribution >= 0.6 is 23.2 Å². The summed E-state index contributed by atoms with van der Waals surface area (Å²) in [5, 5.41) is 35.0. The fourth-order valence-electron chi connectivity index (χ4n) is 5.95. The highest BCUT2D eigenvalue weighted by molar-refractivity contribution is 6.58. The molecule has 0 aliphatic rings. The molecule has 79 heavy (non-hydrogen) atoms. The van der Waals surface area contributed by atoms with Gasteiger partial charge in [0.15, 0.2) is 0 Å². The molecule has 0 bridgehead atoms. The minimum absolute atomic E-state index is 0.0352. The molecule has 0 aliphatic heterocycles. The molecule has 0 saturated carbocycles. The first kappa shape index (κ1) is 67.2. The number of aromatic carboxylic acids is 2. The second-order valence-corrected chi connectivity index (χ2v) is 16.2. The number of aryl methyl sites for hydroxylation is 4. The van der Waals surface area contributed by atoms with E-state index < -0.39 is 66.2 Å². The van der Waals surface area contributed by atoms with Crippen molar-refractivity contribution >= 4 is 59.7 Å². The largest absolute Gasteiger partial charge is 0.488 e. The number of carboxylic acid groups (broad SMARTS) is 2. The number of hydrogen-bond donors (Lipinski definition) is 4. The van der Waals surface area contributed by atoms with Crippen LogP contribution in [0.2, 0.25) is 10.3 Å². The van der Waals surface area contributed by atoms with Gasteiger partial charge in [-0.05, 0) is 106 Å². The van der Waals surface area contributed by atoms with Crippen LogP contribution in [0.4, 0.5) is 39.5 Å². The van der Waals surface area contributed by atoms with Crippen molar-refractivity contribution in [3.63, 3.8) is 0 Å². The number of carboxylic acids is 2. The molecule has 0 atom stereocenters. The minimum atomic E-state index is -4.42. The van der Waals surface area contributed by atoms with E-state index in [-0.39, 0.29) is 38.2 Å². The number of carbonyl (C=O) groups is 4. The lowest BCUT2D eigenvalue weighted by Crippen LogP contribution is -2.29. The molecule has 0 fully saturated rings. The molecule has 0 amide bonds. The Bertz CT molecular complexity index is 3170. The number of hydrogen-bond acceptors (Lipinski definition) is 12. The Balaban J connectivity index is 0.000000343. The van der Waals surface area contributed by atoms with Crippen LogP contribution in [0.1, 0.15) is 94.7 Å². The summed E-state index contributed by atoms with van der Waals surface area (Å²) < 4.78 is 120. The summed E-state index contributed by atoms with van der Waals surface area (Å²) in [7, 11) is 0.805. The van der Waals surface area contributed by atoms with Crippen LogP contribution in [0.5, 0.6) is 0 Å². The maximum Gasteiger partial charge on any atom is 0.488 e. The molecule has 26 heteroatoms. The standard InChI is InChI=1S/C15H12F3NO2.C14H10F3NO2.C8H8ClNO2.C7H6BF3O2.C7H6ClNO2.C2H6/c1-9-3-8-12(14(20)21-2)13(19-9)10-4-6-11(7-5-10)15(16,17)18;1-8-2-7-11(13(19)20)12(18-8)9-3-5-10(6-4-9)14(15,16)17;1-5-3-4-6(7(9)10-5)8(11)12-2;9-7(10,11)5-1-3-6(4-2-5)8(12)13;1-4-2-3-5(7(10)11)6(8)9-4;1-2/h3-8H,1-2H3;2-7H,1H3,(H,19,20);3-4H,1-2H3;1-4,12-13H;2-3H,1H3,(H,10,11);1-2H3. The second-order valence-electron chi connectivity index (χ2n) is 15.5.